The molecule has 1 aliphatic rings. The van der Waals surface area contributed by atoms with Gasteiger partial charge in [0.05, 0.1) is 5.69 Å². The van der Waals surface area contributed by atoms with E-state index in [1.807, 2.05) is 23.7 Å². The molecule has 0 spiro atoms. The molecule has 1 saturated carbocycles. The zero-order valence-corrected chi connectivity index (χ0v) is 15.5. The molecule has 1 aliphatic carbocycles. The first-order valence-electron chi connectivity index (χ1n) is 9.13. The molecule has 6 nitrogen and oxygen atoms in total. The Morgan fingerprint density at radius 1 is 1.32 bits per heavy atom. The van der Waals surface area contributed by atoms with Gasteiger partial charge in [0, 0.05) is 6.42 Å². The quantitative estimate of drug-likeness (QED) is 0.927. The van der Waals surface area contributed by atoms with Gasteiger partial charge in [-0.3, -0.25) is 4.79 Å². The van der Waals surface area contributed by atoms with Gasteiger partial charge < -0.3 is 5.32 Å². The average Bonchev–Trinajstić information content (AvgIpc) is 3.09. The maximum absolute atomic E-state index is 12.2. The predicted molar refractivity (Wildman–Crippen MR) is 96.4 cm³/mol. The minimum Gasteiger partial charge on any atom is -0.343 e. The molecule has 0 radical (unpaired) electrons. The van der Waals surface area contributed by atoms with Crippen LogP contribution in [0.25, 0.3) is 5.69 Å². The van der Waals surface area contributed by atoms with Gasteiger partial charge in [-0.15, -0.1) is 5.10 Å². The summed E-state index contributed by atoms with van der Waals surface area (Å²) in [4.78, 5) is 12.2. The minimum atomic E-state index is -0.487. The fourth-order valence-corrected chi connectivity index (χ4v) is 3.63. The molecule has 6 heteroatoms. The monoisotopic (exact) mass is 341 g/mol. The summed E-state index contributed by atoms with van der Waals surface area (Å²) in [7, 11) is 0. The number of carbonyl (C=O) groups excluding carboxylic acids is 1. The maximum atomic E-state index is 12.2. The van der Waals surface area contributed by atoms with E-state index in [1.165, 1.54) is 5.56 Å². The number of tetrazole rings is 1. The number of hydrogen-bond acceptors (Lipinski definition) is 4. The molecule has 0 aliphatic heterocycles. The molecule has 0 atom stereocenters. The van der Waals surface area contributed by atoms with Crippen LogP contribution in [0.2, 0.25) is 0 Å². The average molecular weight is 341 g/mol. The molecule has 1 amide bonds. The van der Waals surface area contributed by atoms with Crippen LogP contribution in [0.5, 0.6) is 0 Å². The lowest BCUT2D eigenvalue weighted by Gasteiger charge is -2.39. The number of aromatic nitrogens is 4. The number of rotatable bonds is 4. The Bertz CT molecular complexity index is 759. The van der Waals surface area contributed by atoms with E-state index in [2.05, 4.69) is 47.7 Å². The summed E-state index contributed by atoms with van der Waals surface area (Å²) in [6.45, 7) is 8.30. The lowest BCUT2D eigenvalue weighted by Crippen LogP contribution is -2.49. The molecule has 0 unspecified atom stereocenters. The van der Waals surface area contributed by atoms with Crippen LogP contribution >= 0.6 is 0 Å². The molecular weight excluding hydrogens is 314 g/mol. The van der Waals surface area contributed by atoms with Crippen molar-refractivity contribution >= 4 is 5.91 Å². The molecule has 1 aromatic carbocycles. The van der Waals surface area contributed by atoms with Crippen LogP contribution in [-0.4, -0.2) is 26.1 Å². The first kappa shape index (κ1) is 17.6. The highest BCUT2D eigenvalue weighted by Gasteiger charge is 2.41. The van der Waals surface area contributed by atoms with Crippen molar-refractivity contribution in [1.29, 1.82) is 0 Å². The molecule has 1 heterocycles. The zero-order chi connectivity index (χ0) is 18.0. The fraction of sp³-hybridized carbons (Fsp3) is 0.579. The normalized spacial score (nSPS) is 23.4. The Balaban J connectivity index is 2.08. The number of nitrogens with one attached hydrogen (secondary N) is 1. The summed E-state index contributed by atoms with van der Waals surface area (Å²) in [5.41, 5.74) is 2.84. The third kappa shape index (κ3) is 3.30. The Labute approximate surface area is 149 Å². The lowest BCUT2D eigenvalue weighted by atomic mass is 9.76. The van der Waals surface area contributed by atoms with Gasteiger partial charge in [-0.05, 0) is 73.1 Å². The largest absolute Gasteiger partial charge is 0.343 e. The second-order valence-electron chi connectivity index (χ2n) is 7.30. The van der Waals surface area contributed by atoms with Gasteiger partial charge in [-0.25, -0.2) is 0 Å². The van der Waals surface area contributed by atoms with Crippen molar-refractivity contribution in [1.82, 2.24) is 25.5 Å². The SMILES string of the molecule is CCC(=O)NC1(c2nnnn2-c2cccc(C)c2C)CCC(C)CC1. The molecule has 2 aromatic rings. The molecule has 1 fully saturated rings. The highest BCUT2D eigenvalue weighted by Crippen LogP contribution is 2.39. The third-order valence-electron chi connectivity index (χ3n) is 5.53. The summed E-state index contributed by atoms with van der Waals surface area (Å²) in [5.74, 6) is 1.46. The summed E-state index contributed by atoms with van der Waals surface area (Å²) < 4.78 is 1.81. The predicted octanol–water partition coefficient (Wildman–Crippen LogP) is 3.21. The summed E-state index contributed by atoms with van der Waals surface area (Å²) in [6, 6.07) is 6.13. The molecule has 134 valence electrons. The minimum absolute atomic E-state index is 0.0464. The van der Waals surface area contributed by atoms with Crippen molar-refractivity contribution in [3.8, 4) is 5.69 Å². The van der Waals surface area contributed by atoms with Gasteiger partial charge >= 0.3 is 0 Å². The van der Waals surface area contributed by atoms with Gasteiger partial charge in [-0.2, -0.15) is 4.68 Å². The van der Waals surface area contributed by atoms with E-state index in [-0.39, 0.29) is 5.91 Å². The number of carbonyl (C=O) groups is 1. The van der Waals surface area contributed by atoms with E-state index in [0.29, 0.717) is 12.3 Å². The molecule has 1 N–H and O–H groups in total. The Morgan fingerprint density at radius 3 is 2.72 bits per heavy atom. The van der Waals surface area contributed by atoms with Gasteiger partial charge in [-0.1, -0.05) is 26.0 Å². The van der Waals surface area contributed by atoms with Crippen molar-refractivity contribution in [3.63, 3.8) is 0 Å². The molecule has 0 bridgehead atoms. The third-order valence-corrected chi connectivity index (χ3v) is 5.53. The van der Waals surface area contributed by atoms with Crippen molar-refractivity contribution in [2.24, 2.45) is 5.92 Å². The summed E-state index contributed by atoms with van der Waals surface area (Å²) in [5, 5.41) is 15.8. The standard InChI is InChI=1S/C19H27N5O/c1-5-17(25)20-19(11-9-13(2)10-12-19)18-21-22-23-24(18)16-8-6-7-14(3)15(16)4/h6-8,13H,5,9-12H2,1-4H3,(H,20,25). The van der Waals surface area contributed by atoms with Gasteiger partial charge in [0.1, 0.15) is 5.54 Å². The van der Waals surface area contributed by atoms with Crippen LogP contribution in [0.1, 0.15) is 62.9 Å². The van der Waals surface area contributed by atoms with E-state index in [1.54, 1.807) is 0 Å². The van der Waals surface area contributed by atoms with E-state index < -0.39 is 5.54 Å². The van der Waals surface area contributed by atoms with Crippen LogP contribution in [0, 0.1) is 19.8 Å². The van der Waals surface area contributed by atoms with Crippen molar-refractivity contribution in [2.75, 3.05) is 0 Å². The number of aryl methyl sites for hydroxylation is 1. The second-order valence-corrected chi connectivity index (χ2v) is 7.30. The van der Waals surface area contributed by atoms with Crippen LogP contribution in [0.3, 0.4) is 0 Å². The topological polar surface area (TPSA) is 72.7 Å². The number of benzene rings is 1. The highest BCUT2D eigenvalue weighted by atomic mass is 16.1. The maximum Gasteiger partial charge on any atom is 0.220 e. The molecule has 25 heavy (non-hydrogen) atoms. The Kier molecular flexibility index (Phi) is 4.88. The summed E-state index contributed by atoms with van der Waals surface area (Å²) in [6.07, 6.45) is 4.31. The van der Waals surface area contributed by atoms with Crippen molar-refractivity contribution < 1.29 is 4.79 Å². The molecular formula is C19H27N5O. The fourth-order valence-electron chi connectivity index (χ4n) is 3.63. The van der Waals surface area contributed by atoms with E-state index >= 15 is 0 Å². The zero-order valence-electron chi connectivity index (χ0n) is 15.5. The first-order chi connectivity index (χ1) is 12.0. The van der Waals surface area contributed by atoms with E-state index in [0.717, 1.165) is 42.8 Å². The van der Waals surface area contributed by atoms with Gasteiger partial charge in [0.25, 0.3) is 0 Å². The first-order valence-corrected chi connectivity index (χ1v) is 9.13. The van der Waals surface area contributed by atoms with Crippen LogP contribution < -0.4 is 5.32 Å². The molecule has 1 aromatic heterocycles. The Morgan fingerprint density at radius 2 is 2.04 bits per heavy atom. The number of amides is 1. The van der Waals surface area contributed by atoms with E-state index in [9.17, 15) is 4.79 Å². The molecule has 3 rings (SSSR count). The summed E-state index contributed by atoms with van der Waals surface area (Å²) >= 11 is 0. The smallest absolute Gasteiger partial charge is 0.220 e. The van der Waals surface area contributed by atoms with Crippen LogP contribution in [0.15, 0.2) is 18.2 Å². The number of nitrogens with zero attached hydrogens (tertiary/aromatic N) is 4. The molecule has 0 saturated heterocycles. The van der Waals surface area contributed by atoms with Crippen molar-refractivity contribution in [2.45, 2.75) is 65.3 Å². The second kappa shape index (κ2) is 6.94. The number of hydrogen-bond donors (Lipinski definition) is 1. The lowest BCUT2D eigenvalue weighted by molar-refractivity contribution is -0.123. The van der Waals surface area contributed by atoms with Crippen LogP contribution in [-0.2, 0) is 10.3 Å². The Hall–Kier alpha value is -2.24. The van der Waals surface area contributed by atoms with Crippen LogP contribution in [0.4, 0.5) is 0 Å². The van der Waals surface area contributed by atoms with Crippen molar-refractivity contribution in [3.05, 3.63) is 35.2 Å². The van der Waals surface area contributed by atoms with E-state index in [4.69, 9.17) is 0 Å². The highest BCUT2D eigenvalue weighted by molar-refractivity contribution is 5.76. The van der Waals surface area contributed by atoms with Gasteiger partial charge in [0.2, 0.25) is 5.91 Å². The van der Waals surface area contributed by atoms with Gasteiger partial charge in [0.15, 0.2) is 5.82 Å².